The molecule has 5 nitrogen and oxygen atoms in total. The Bertz CT molecular complexity index is 1090. The van der Waals surface area contributed by atoms with E-state index in [2.05, 4.69) is 10.3 Å². The van der Waals surface area contributed by atoms with Crippen LogP contribution in [0.15, 0.2) is 52.4 Å². The first kappa shape index (κ1) is 20.4. The highest BCUT2D eigenvalue weighted by atomic mass is 35.5. The standard InChI is InChI=1S/C21H22ClN3O2S/c1-12(2)25-20(27)17-9-8-15(22)11-18(17)24-21(25)28-14(4)19(26)23-16-7-5-6-13(3)10-16/h5-12,14H,1-4H3,(H,23,26)/t14-/m1/s1. The molecule has 0 saturated carbocycles. The van der Waals surface area contributed by atoms with Crippen LogP contribution in [0.5, 0.6) is 0 Å². The zero-order valence-corrected chi connectivity index (χ0v) is 17.8. The van der Waals surface area contributed by atoms with Gasteiger partial charge in [0.2, 0.25) is 5.91 Å². The van der Waals surface area contributed by atoms with Gasteiger partial charge in [0.15, 0.2) is 5.16 Å². The smallest absolute Gasteiger partial charge is 0.262 e. The van der Waals surface area contributed by atoms with Crippen molar-refractivity contribution in [3.8, 4) is 0 Å². The Morgan fingerprint density at radius 1 is 1.18 bits per heavy atom. The molecule has 0 aliphatic heterocycles. The molecular formula is C21H22ClN3O2S. The first-order valence-electron chi connectivity index (χ1n) is 9.02. The lowest BCUT2D eigenvalue weighted by molar-refractivity contribution is -0.115. The van der Waals surface area contributed by atoms with Gasteiger partial charge in [-0.05, 0) is 63.6 Å². The van der Waals surface area contributed by atoms with Crippen molar-refractivity contribution in [3.63, 3.8) is 0 Å². The summed E-state index contributed by atoms with van der Waals surface area (Å²) in [5.41, 5.74) is 2.21. The van der Waals surface area contributed by atoms with Gasteiger partial charge in [-0.25, -0.2) is 4.98 Å². The number of aromatic nitrogens is 2. The van der Waals surface area contributed by atoms with Gasteiger partial charge in [0.25, 0.3) is 5.56 Å². The topological polar surface area (TPSA) is 64.0 Å². The van der Waals surface area contributed by atoms with E-state index in [-0.39, 0.29) is 17.5 Å². The Hall–Kier alpha value is -2.31. The minimum Gasteiger partial charge on any atom is -0.325 e. The maximum atomic E-state index is 12.9. The predicted molar refractivity (Wildman–Crippen MR) is 117 cm³/mol. The molecule has 7 heteroatoms. The summed E-state index contributed by atoms with van der Waals surface area (Å²) in [5, 5.41) is 4.01. The van der Waals surface area contributed by atoms with Crippen molar-refractivity contribution in [2.75, 3.05) is 5.32 Å². The van der Waals surface area contributed by atoms with Gasteiger partial charge < -0.3 is 5.32 Å². The molecule has 3 aromatic rings. The number of carbonyl (C=O) groups excluding carboxylic acids is 1. The molecule has 1 aromatic heterocycles. The number of carbonyl (C=O) groups is 1. The third-order valence-corrected chi connectivity index (χ3v) is 5.59. The van der Waals surface area contributed by atoms with Crippen molar-refractivity contribution >= 4 is 45.9 Å². The number of fused-ring (bicyclic) bond motifs is 1. The number of nitrogens with zero attached hydrogens (tertiary/aromatic N) is 2. The number of hydrogen-bond donors (Lipinski definition) is 1. The first-order chi connectivity index (χ1) is 13.3. The van der Waals surface area contributed by atoms with Crippen LogP contribution in [0.4, 0.5) is 5.69 Å². The molecule has 0 unspecified atom stereocenters. The maximum absolute atomic E-state index is 12.9. The minimum atomic E-state index is -0.436. The van der Waals surface area contributed by atoms with Crippen LogP contribution in [0.25, 0.3) is 10.9 Å². The maximum Gasteiger partial charge on any atom is 0.262 e. The van der Waals surface area contributed by atoms with Crippen LogP contribution in [-0.2, 0) is 4.79 Å². The van der Waals surface area contributed by atoms with E-state index in [0.29, 0.717) is 21.1 Å². The first-order valence-corrected chi connectivity index (χ1v) is 10.3. The summed E-state index contributed by atoms with van der Waals surface area (Å²) < 4.78 is 1.62. The molecule has 0 fully saturated rings. The fourth-order valence-corrected chi connectivity index (χ4v) is 4.08. The van der Waals surface area contributed by atoms with E-state index >= 15 is 0 Å². The molecule has 0 bridgehead atoms. The van der Waals surface area contributed by atoms with Crippen LogP contribution in [0.2, 0.25) is 5.02 Å². The van der Waals surface area contributed by atoms with Crippen LogP contribution in [0.1, 0.15) is 32.4 Å². The van der Waals surface area contributed by atoms with Gasteiger partial charge in [0.05, 0.1) is 16.2 Å². The fraction of sp³-hybridized carbons (Fsp3) is 0.286. The van der Waals surface area contributed by atoms with E-state index in [9.17, 15) is 9.59 Å². The summed E-state index contributed by atoms with van der Waals surface area (Å²) in [6.45, 7) is 7.62. The molecule has 2 aromatic carbocycles. The quantitative estimate of drug-likeness (QED) is 0.467. The molecule has 1 amide bonds. The average Bonchev–Trinajstić information content (AvgIpc) is 2.61. The van der Waals surface area contributed by atoms with E-state index in [1.54, 1.807) is 29.7 Å². The Morgan fingerprint density at radius 2 is 1.93 bits per heavy atom. The molecule has 146 valence electrons. The molecule has 1 heterocycles. The van der Waals surface area contributed by atoms with Gasteiger partial charge in [0, 0.05) is 16.8 Å². The molecule has 1 atom stereocenters. The lowest BCUT2D eigenvalue weighted by Gasteiger charge is -2.18. The van der Waals surface area contributed by atoms with E-state index in [0.717, 1.165) is 11.3 Å². The van der Waals surface area contributed by atoms with Gasteiger partial charge in [-0.15, -0.1) is 0 Å². The van der Waals surface area contributed by atoms with Gasteiger partial charge in [-0.2, -0.15) is 0 Å². The third-order valence-electron chi connectivity index (χ3n) is 4.28. The summed E-state index contributed by atoms with van der Waals surface area (Å²) in [7, 11) is 0. The van der Waals surface area contributed by atoms with Gasteiger partial charge in [-0.3, -0.25) is 14.2 Å². The van der Waals surface area contributed by atoms with Gasteiger partial charge in [-0.1, -0.05) is 35.5 Å². The van der Waals surface area contributed by atoms with Crippen LogP contribution >= 0.6 is 23.4 Å². The Balaban J connectivity index is 1.92. The molecule has 1 N–H and O–H groups in total. The fourth-order valence-electron chi connectivity index (χ4n) is 2.87. The number of aryl methyl sites for hydroxylation is 1. The minimum absolute atomic E-state index is 0.0883. The van der Waals surface area contributed by atoms with Crippen molar-refractivity contribution in [2.24, 2.45) is 0 Å². The largest absolute Gasteiger partial charge is 0.325 e. The molecule has 0 saturated heterocycles. The van der Waals surface area contributed by atoms with Crippen molar-refractivity contribution in [3.05, 3.63) is 63.4 Å². The molecular weight excluding hydrogens is 394 g/mol. The second kappa shape index (κ2) is 8.37. The summed E-state index contributed by atoms with van der Waals surface area (Å²) in [6, 6.07) is 12.6. The Morgan fingerprint density at radius 3 is 2.61 bits per heavy atom. The van der Waals surface area contributed by atoms with Crippen molar-refractivity contribution in [2.45, 2.75) is 44.1 Å². The zero-order valence-electron chi connectivity index (χ0n) is 16.2. The van der Waals surface area contributed by atoms with E-state index in [4.69, 9.17) is 11.6 Å². The van der Waals surface area contributed by atoms with E-state index < -0.39 is 5.25 Å². The number of anilines is 1. The summed E-state index contributed by atoms with van der Waals surface area (Å²) in [4.78, 5) is 30.2. The third kappa shape index (κ3) is 4.39. The molecule has 0 spiro atoms. The lowest BCUT2D eigenvalue weighted by atomic mass is 10.2. The van der Waals surface area contributed by atoms with Crippen molar-refractivity contribution in [1.29, 1.82) is 0 Å². The molecule has 0 radical (unpaired) electrons. The number of thioether (sulfide) groups is 1. The van der Waals surface area contributed by atoms with Gasteiger partial charge in [0.1, 0.15) is 0 Å². The van der Waals surface area contributed by atoms with Crippen LogP contribution < -0.4 is 10.9 Å². The molecule has 3 rings (SSSR count). The highest BCUT2D eigenvalue weighted by molar-refractivity contribution is 8.00. The molecule has 0 aliphatic rings. The second-order valence-corrected chi connectivity index (χ2v) is 8.69. The predicted octanol–water partition coefficient (Wildman–Crippen LogP) is 5.06. The van der Waals surface area contributed by atoms with Crippen molar-refractivity contribution < 1.29 is 4.79 Å². The second-order valence-electron chi connectivity index (χ2n) is 6.94. The van der Waals surface area contributed by atoms with Crippen LogP contribution in [0, 0.1) is 6.92 Å². The Labute approximate surface area is 173 Å². The monoisotopic (exact) mass is 415 g/mol. The number of hydrogen-bond acceptors (Lipinski definition) is 4. The summed E-state index contributed by atoms with van der Waals surface area (Å²) in [6.07, 6.45) is 0. The van der Waals surface area contributed by atoms with E-state index in [1.165, 1.54) is 11.8 Å². The number of amides is 1. The summed E-state index contributed by atoms with van der Waals surface area (Å²) in [5.74, 6) is -0.147. The molecule has 28 heavy (non-hydrogen) atoms. The zero-order chi connectivity index (χ0) is 20.4. The van der Waals surface area contributed by atoms with Crippen LogP contribution in [0.3, 0.4) is 0 Å². The average molecular weight is 416 g/mol. The normalized spacial score (nSPS) is 12.4. The highest BCUT2D eigenvalue weighted by Gasteiger charge is 2.21. The van der Waals surface area contributed by atoms with E-state index in [1.807, 2.05) is 45.0 Å². The summed E-state index contributed by atoms with van der Waals surface area (Å²) >= 11 is 7.33. The number of rotatable bonds is 5. The molecule has 0 aliphatic carbocycles. The SMILES string of the molecule is Cc1cccc(NC(=O)[C@@H](C)Sc2nc3cc(Cl)ccc3c(=O)n2C(C)C)c1. The Kier molecular flexibility index (Phi) is 6.10. The highest BCUT2D eigenvalue weighted by Crippen LogP contribution is 2.26. The van der Waals surface area contributed by atoms with Crippen molar-refractivity contribution in [1.82, 2.24) is 9.55 Å². The number of halogens is 1. The van der Waals surface area contributed by atoms with Gasteiger partial charge >= 0.3 is 0 Å². The number of nitrogens with one attached hydrogen (secondary N) is 1. The van der Waals surface area contributed by atoms with Crippen LogP contribution in [-0.4, -0.2) is 20.7 Å². The lowest BCUT2D eigenvalue weighted by Crippen LogP contribution is -2.28. The number of benzene rings is 2.